The molecule has 0 aromatic carbocycles. The molecule has 0 aliphatic carbocycles. The molecule has 2 aromatic heterocycles. The smallest absolute Gasteiger partial charge is 0.328 e. The van der Waals surface area contributed by atoms with Crippen LogP contribution in [0.1, 0.15) is 5.76 Å². The van der Waals surface area contributed by atoms with Crippen molar-refractivity contribution in [3.05, 3.63) is 57.3 Å². The summed E-state index contributed by atoms with van der Waals surface area (Å²) in [6.45, 7) is 1.73. The Labute approximate surface area is 96.9 Å². The maximum atomic E-state index is 11.3. The van der Waals surface area contributed by atoms with Gasteiger partial charge in [0.05, 0.1) is 12.8 Å². The Balaban J connectivity index is 1.82. The Hall–Kier alpha value is -2.08. The number of hydrogen-bond donors (Lipinski definition) is 2. The van der Waals surface area contributed by atoms with Gasteiger partial charge in [-0.2, -0.15) is 0 Å². The van der Waals surface area contributed by atoms with Crippen LogP contribution in [0.25, 0.3) is 0 Å². The highest BCUT2D eigenvalue weighted by Gasteiger charge is 1.97. The van der Waals surface area contributed by atoms with Crippen molar-refractivity contribution in [3.8, 4) is 0 Å². The predicted octanol–water partition coefficient (Wildman–Crippen LogP) is -0.0806. The summed E-state index contributed by atoms with van der Waals surface area (Å²) in [7, 11) is 0. The molecule has 0 aliphatic heterocycles. The highest BCUT2D eigenvalue weighted by molar-refractivity contribution is 4.97. The van der Waals surface area contributed by atoms with Crippen LogP contribution in [-0.4, -0.2) is 16.1 Å². The molecule has 0 spiro atoms. The van der Waals surface area contributed by atoms with Crippen LogP contribution in [0.5, 0.6) is 0 Å². The lowest BCUT2D eigenvalue weighted by Gasteiger charge is -2.05. The molecule has 2 aromatic rings. The van der Waals surface area contributed by atoms with E-state index in [1.165, 1.54) is 16.8 Å². The standard InChI is InChI=1S/C11H13N3O3/c15-10-3-5-14(11(16)13-10)6-4-12-8-9-2-1-7-17-9/h1-3,5,7,12H,4,6,8H2,(H,13,15,16). The molecule has 0 saturated carbocycles. The predicted molar refractivity (Wildman–Crippen MR) is 61.7 cm³/mol. The summed E-state index contributed by atoms with van der Waals surface area (Å²) in [4.78, 5) is 24.4. The molecule has 0 aliphatic rings. The minimum Gasteiger partial charge on any atom is -0.468 e. The third-order valence-electron chi connectivity index (χ3n) is 2.31. The highest BCUT2D eigenvalue weighted by atomic mass is 16.3. The van der Waals surface area contributed by atoms with Crippen molar-refractivity contribution >= 4 is 0 Å². The molecule has 0 bridgehead atoms. The van der Waals surface area contributed by atoms with Crippen molar-refractivity contribution in [1.82, 2.24) is 14.9 Å². The van der Waals surface area contributed by atoms with E-state index in [-0.39, 0.29) is 5.56 Å². The molecule has 6 nitrogen and oxygen atoms in total. The number of aromatic amines is 1. The monoisotopic (exact) mass is 235 g/mol. The van der Waals surface area contributed by atoms with Gasteiger partial charge in [-0.05, 0) is 12.1 Å². The molecule has 17 heavy (non-hydrogen) atoms. The Morgan fingerprint density at radius 2 is 2.24 bits per heavy atom. The molecular formula is C11H13N3O3. The van der Waals surface area contributed by atoms with Crippen LogP contribution < -0.4 is 16.6 Å². The quantitative estimate of drug-likeness (QED) is 0.710. The number of furan rings is 1. The van der Waals surface area contributed by atoms with Crippen LogP contribution >= 0.6 is 0 Å². The lowest BCUT2D eigenvalue weighted by Crippen LogP contribution is -2.31. The fraction of sp³-hybridized carbons (Fsp3) is 0.273. The van der Waals surface area contributed by atoms with E-state index in [1.807, 2.05) is 12.1 Å². The summed E-state index contributed by atoms with van der Waals surface area (Å²) >= 11 is 0. The van der Waals surface area contributed by atoms with Gasteiger partial charge in [0.15, 0.2) is 0 Å². The van der Waals surface area contributed by atoms with E-state index in [4.69, 9.17) is 4.42 Å². The molecule has 0 fully saturated rings. The van der Waals surface area contributed by atoms with E-state index in [0.29, 0.717) is 19.6 Å². The van der Waals surface area contributed by atoms with Gasteiger partial charge < -0.3 is 9.73 Å². The van der Waals surface area contributed by atoms with Crippen LogP contribution in [-0.2, 0) is 13.1 Å². The molecule has 0 amide bonds. The van der Waals surface area contributed by atoms with Gasteiger partial charge >= 0.3 is 5.69 Å². The van der Waals surface area contributed by atoms with Gasteiger partial charge in [0.25, 0.3) is 5.56 Å². The zero-order valence-corrected chi connectivity index (χ0v) is 9.18. The van der Waals surface area contributed by atoms with Gasteiger partial charge in [0.1, 0.15) is 5.76 Å². The second-order valence-corrected chi connectivity index (χ2v) is 3.56. The molecule has 2 N–H and O–H groups in total. The lowest BCUT2D eigenvalue weighted by molar-refractivity contribution is 0.473. The average molecular weight is 235 g/mol. The van der Waals surface area contributed by atoms with Gasteiger partial charge in [-0.15, -0.1) is 0 Å². The van der Waals surface area contributed by atoms with E-state index in [0.717, 1.165) is 5.76 Å². The molecule has 0 atom stereocenters. The first-order valence-corrected chi connectivity index (χ1v) is 5.28. The summed E-state index contributed by atoms with van der Waals surface area (Å²) in [5.74, 6) is 0.846. The van der Waals surface area contributed by atoms with E-state index in [9.17, 15) is 9.59 Å². The van der Waals surface area contributed by atoms with Crippen molar-refractivity contribution in [3.63, 3.8) is 0 Å². The van der Waals surface area contributed by atoms with Gasteiger partial charge in [0.2, 0.25) is 0 Å². The van der Waals surface area contributed by atoms with E-state index in [2.05, 4.69) is 10.3 Å². The Morgan fingerprint density at radius 3 is 2.94 bits per heavy atom. The summed E-state index contributed by atoms with van der Waals surface area (Å²) in [5.41, 5.74) is -0.771. The Bertz CT molecular complexity index is 568. The van der Waals surface area contributed by atoms with Crippen LogP contribution in [0, 0.1) is 0 Å². The second kappa shape index (κ2) is 5.31. The van der Waals surface area contributed by atoms with Crippen LogP contribution in [0.4, 0.5) is 0 Å². The number of nitrogens with one attached hydrogen (secondary N) is 2. The third-order valence-corrected chi connectivity index (χ3v) is 2.31. The number of aromatic nitrogens is 2. The molecule has 0 unspecified atom stereocenters. The number of nitrogens with zero attached hydrogens (tertiary/aromatic N) is 1. The summed E-state index contributed by atoms with van der Waals surface area (Å²) in [6, 6.07) is 5.02. The normalized spacial score (nSPS) is 10.6. The van der Waals surface area contributed by atoms with Crippen LogP contribution in [0.2, 0.25) is 0 Å². The summed E-state index contributed by atoms with van der Waals surface area (Å²) < 4.78 is 6.59. The molecule has 6 heteroatoms. The molecule has 90 valence electrons. The van der Waals surface area contributed by atoms with Crippen molar-refractivity contribution in [2.75, 3.05) is 6.54 Å². The molecule has 2 rings (SSSR count). The van der Waals surface area contributed by atoms with Crippen LogP contribution in [0.15, 0.2) is 44.7 Å². The molecular weight excluding hydrogens is 222 g/mol. The van der Waals surface area contributed by atoms with Gasteiger partial charge in [0, 0.05) is 25.4 Å². The van der Waals surface area contributed by atoms with Crippen LogP contribution in [0.3, 0.4) is 0 Å². The minimum atomic E-state index is -0.391. The van der Waals surface area contributed by atoms with Crippen molar-refractivity contribution in [1.29, 1.82) is 0 Å². The fourth-order valence-electron chi connectivity index (χ4n) is 1.44. The van der Waals surface area contributed by atoms with E-state index >= 15 is 0 Å². The highest BCUT2D eigenvalue weighted by Crippen LogP contribution is 1.97. The Morgan fingerprint density at radius 1 is 1.35 bits per heavy atom. The number of H-pyrrole nitrogens is 1. The first kappa shape index (κ1) is 11.4. The summed E-state index contributed by atoms with van der Waals surface area (Å²) in [6.07, 6.45) is 3.10. The van der Waals surface area contributed by atoms with Gasteiger partial charge in [-0.25, -0.2) is 4.79 Å². The van der Waals surface area contributed by atoms with Crippen molar-refractivity contribution < 1.29 is 4.42 Å². The van der Waals surface area contributed by atoms with Crippen molar-refractivity contribution in [2.45, 2.75) is 13.1 Å². The topological polar surface area (TPSA) is 80.0 Å². The minimum absolute atomic E-state index is 0.380. The zero-order chi connectivity index (χ0) is 12.1. The van der Waals surface area contributed by atoms with Gasteiger partial charge in [-0.1, -0.05) is 0 Å². The van der Waals surface area contributed by atoms with Gasteiger partial charge in [-0.3, -0.25) is 14.3 Å². The first-order chi connectivity index (χ1) is 8.25. The fourth-order valence-corrected chi connectivity index (χ4v) is 1.44. The average Bonchev–Trinajstić information content (AvgIpc) is 2.79. The first-order valence-electron chi connectivity index (χ1n) is 5.28. The number of rotatable bonds is 5. The lowest BCUT2D eigenvalue weighted by atomic mass is 10.4. The van der Waals surface area contributed by atoms with E-state index in [1.54, 1.807) is 6.26 Å². The second-order valence-electron chi connectivity index (χ2n) is 3.56. The maximum absolute atomic E-state index is 11.3. The third kappa shape index (κ3) is 3.18. The maximum Gasteiger partial charge on any atom is 0.328 e. The summed E-state index contributed by atoms with van der Waals surface area (Å²) in [5, 5.41) is 3.13. The van der Waals surface area contributed by atoms with Crippen molar-refractivity contribution in [2.24, 2.45) is 0 Å². The Kier molecular flexibility index (Phi) is 3.56. The van der Waals surface area contributed by atoms with E-state index < -0.39 is 5.69 Å². The zero-order valence-electron chi connectivity index (χ0n) is 9.18. The molecule has 0 saturated heterocycles. The number of hydrogen-bond acceptors (Lipinski definition) is 4. The largest absolute Gasteiger partial charge is 0.468 e. The molecule has 0 radical (unpaired) electrons. The molecule has 2 heterocycles. The SMILES string of the molecule is O=c1ccn(CCNCc2ccco2)c(=O)[nH]1.